The molecule has 0 saturated heterocycles. The molecule has 0 fully saturated rings. The number of nitrogens with zero attached hydrogens (tertiary/aromatic N) is 1. The van der Waals surface area contributed by atoms with Crippen LogP contribution in [0, 0.1) is 6.92 Å². The normalized spacial score (nSPS) is 11.3. The van der Waals surface area contributed by atoms with Crippen LogP contribution in [0.15, 0.2) is 90.0 Å². The second-order valence-electron chi connectivity index (χ2n) is 6.65. The van der Waals surface area contributed by atoms with E-state index in [1.165, 1.54) is 0 Å². The van der Waals surface area contributed by atoms with Gasteiger partial charge >= 0.3 is 0 Å². The minimum absolute atomic E-state index is 0.0274. The van der Waals surface area contributed by atoms with Crippen molar-refractivity contribution < 1.29 is 9.53 Å². The third-order valence-corrected chi connectivity index (χ3v) is 4.40. The van der Waals surface area contributed by atoms with E-state index in [1.54, 1.807) is 0 Å². The molecule has 0 heterocycles. The molecule has 3 aromatic rings. The van der Waals surface area contributed by atoms with Gasteiger partial charge in [-0.1, -0.05) is 72.8 Å². The molecular formula is C24H24N2O2. The highest BCUT2D eigenvalue weighted by molar-refractivity contribution is 5.93. The van der Waals surface area contributed by atoms with Crippen LogP contribution in [0.4, 0.5) is 0 Å². The molecule has 3 rings (SSSR count). The number of hydrogen-bond donors (Lipinski definition) is 1. The molecule has 0 aliphatic carbocycles. The van der Waals surface area contributed by atoms with E-state index in [1.807, 2.05) is 74.5 Å². The Bertz CT molecular complexity index is 898. The van der Waals surface area contributed by atoms with E-state index in [4.69, 9.17) is 4.74 Å². The van der Waals surface area contributed by atoms with Gasteiger partial charge in [0.1, 0.15) is 5.75 Å². The number of aryl methyl sites for hydroxylation is 1. The van der Waals surface area contributed by atoms with Crippen LogP contribution in [-0.2, 0) is 4.79 Å². The molecule has 0 spiro atoms. The third kappa shape index (κ3) is 5.30. The molecule has 0 saturated carbocycles. The van der Waals surface area contributed by atoms with Gasteiger partial charge in [-0.05, 0) is 42.7 Å². The number of nitrogens with one attached hydrogen (secondary N) is 1. The maximum Gasteiger partial charge on any atom is 0.277 e. The lowest BCUT2D eigenvalue weighted by atomic mass is 9.88. The minimum Gasteiger partial charge on any atom is -0.484 e. The first-order chi connectivity index (χ1) is 13.6. The number of carbonyl (C=O) groups is 1. The molecule has 0 aromatic heterocycles. The van der Waals surface area contributed by atoms with Crippen molar-refractivity contribution in [2.24, 2.45) is 5.10 Å². The standard InChI is InChI=1S/C24H24N2O2/c1-18-10-9-15-22(16-18)28-17-23(27)26-25-19(2)24(20-11-5-3-6-12-20)21-13-7-4-8-14-21/h3-16,24H,17H2,1-2H3,(H,26,27)/b25-19+. The van der Waals surface area contributed by atoms with Crippen molar-refractivity contribution in [2.75, 3.05) is 6.61 Å². The Morgan fingerprint density at radius 1 is 0.929 bits per heavy atom. The van der Waals surface area contributed by atoms with Crippen LogP contribution in [0.1, 0.15) is 29.5 Å². The largest absolute Gasteiger partial charge is 0.484 e. The summed E-state index contributed by atoms with van der Waals surface area (Å²) in [7, 11) is 0. The second-order valence-corrected chi connectivity index (χ2v) is 6.65. The van der Waals surface area contributed by atoms with Gasteiger partial charge in [0.15, 0.2) is 6.61 Å². The van der Waals surface area contributed by atoms with Crippen molar-refractivity contribution >= 4 is 11.6 Å². The molecule has 0 aliphatic rings. The fraction of sp³-hybridized carbons (Fsp3) is 0.167. The molecule has 0 aliphatic heterocycles. The maximum absolute atomic E-state index is 12.2. The van der Waals surface area contributed by atoms with Crippen LogP contribution < -0.4 is 10.2 Å². The average Bonchev–Trinajstić information content (AvgIpc) is 2.72. The van der Waals surface area contributed by atoms with Crippen LogP contribution >= 0.6 is 0 Å². The van der Waals surface area contributed by atoms with Crippen LogP contribution in [-0.4, -0.2) is 18.2 Å². The fourth-order valence-corrected chi connectivity index (χ4v) is 3.07. The number of rotatable bonds is 7. The molecule has 1 N–H and O–H groups in total. The molecule has 0 bridgehead atoms. The van der Waals surface area contributed by atoms with Gasteiger partial charge in [0.25, 0.3) is 5.91 Å². The van der Waals surface area contributed by atoms with Gasteiger partial charge in [-0.3, -0.25) is 4.79 Å². The molecule has 0 unspecified atom stereocenters. The maximum atomic E-state index is 12.2. The number of ether oxygens (including phenoxy) is 1. The Labute approximate surface area is 165 Å². The van der Waals surface area contributed by atoms with Gasteiger partial charge in [-0.2, -0.15) is 5.10 Å². The molecule has 4 heteroatoms. The monoisotopic (exact) mass is 372 g/mol. The van der Waals surface area contributed by atoms with Crippen molar-refractivity contribution in [3.05, 3.63) is 102 Å². The third-order valence-electron chi connectivity index (χ3n) is 4.40. The van der Waals surface area contributed by atoms with E-state index >= 15 is 0 Å². The average molecular weight is 372 g/mol. The molecule has 28 heavy (non-hydrogen) atoms. The van der Waals surface area contributed by atoms with Crippen molar-refractivity contribution in [3.63, 3.8) is 0 Å². The molecule has 1 amide bonds. The van der Waals surface area contributed by atoms with E-state index in [-0.39, 0.29) is 18.4 Å². The summed E-state index contributed by atoms with van der Waals surface area (Å²) >= 11 is 0. The molecule has 3 aromatic carbocycles. The molecule has 0 atom stereocenters. The first-order valence-electron chi connectivity index (χ1n) is 9.26. The van der Waals surface area contributed by atoms with Gasteiger partial charge in [0, 0.05) is 11.6 Å². The number of carbonyl (C=O) groups excluding carboxylic acids is 1. The summed E-state index contributed by atoms with van der Waals surface area (Å²) in [5.74, 6) is 0.350. The van der Waals surface area contributed by atoms with Crippen LogP contribution in [0.3, 0.4) is 0 Å². The first-order valence-corrected chi connectivity index (χ1v) is 9.26. The number of hydrazone groups is 1. The number of amides is 1. The zero-order chi connectivity index (χ0) is 19.8. The quantitative estimate of drug-likeness (QED) is 0.483. The summed E-state index contributed by atoms with van der Waals surface area (Å²) in [6, 6.07) is 27.9. The Morgan fingerprint density at radius 3 is 2.11 bits per heavy atom. The predicted molar refractivity (Wildman–Crippen MR) is 113 cm³/mol. The minimum atomic E-state index is -0.291. The van der Waals surface area contributed by atoms with E-state index in [9.17, 15) is 4.79 Å². The van der Waals surface area contributed by atoms with Gasteiger partial charge in [-0.15, -0.1) is 0 Å². The number of hydrogen-bond acceptors (Lipinski definition) is 3. The smallest absolute Gasteiger partial charge is 0.277 e. The predicted octanol–water partition coefficient (Wildman–Crippen LogP) is 4.70. The summed E-state index contributed by atoms with van der Waals surface area (Å²) < 4.78 is 5.53. The van der Waals surface area contributed by atoms with Crippen LogP contribution in [0.5, 0.6) is 5.75 Å². The van der Waals surface area contributed by atoms with E-state index in [0.717, 1.165) is 22.4 Å². The van der Waals surface area contributed by atoms with Crippen molar-refractivity contribution in [1.82, 2.24) is 5.43 Å². The topological polar surface area (TPSA) is 50.7 Å². The first kappa shape index (κ1) is 19.4. The Kier molecular flexibility index (Phi) is 6.58. The van der Waals surface area contributed by atoms with Gasteiger partial charge in [0.2, 0.25) is 0 Å². The van der Waals surface area contributed by atoms with Gasteiger partial charge < -0.3 is 4.74 Å². The molecule has 4 nitrogen and oxygen atoms in total. The SMILES string of the molecule is C/C(=N\NC(=O)COc1cccc(C)c1)C(c1ccccc1)c1ccccc1. The fourth-order valence-electron chi connectivity index (χ4n) is 3.07. The highest BCUT2D eigenvalue weighted by atomic mass is 16.5. The summed E-state index contributed by atoms with van der Waals surface area (Å²) in [6.45, 7) is 3.82. The summed E-state index contributed by atoms with van der Waals surface area (Å²) in [5.41, 5.74) is 6.75. The lowest BCUT2D eigenvalue weighted by Crippen LogP contribution is -2.26. The summed E-state index contributed by atoms with van der Waals surface area (Å²) in [5, 5.41) is 4.34. The van der Waals surface area contributed by atoms with Crippen molar-refractivity contribution in [3.8, 4) is 5.75 Å². The Hall–Kier alpha value is -3.40. The van der Waals surface area contributed by atoms with E-state index in [2.05, 4.69) is 34.8 Å². The highest BCUT2D eigenvalue weighted by Crippen LogP contribution is 2.26. The van der Waals surface area contributed by atoms with Crippen molar-refractivity contribution in [2.45, 2.75) is 19.8 Å². The summed E-state index contributed by atoms with van der Waals surface area (Å²) in [4.78, 5) is 12.2. The van der Waals surface area contributed by atoms with Crippen LogP contribution in [0.2, 0.25) is 0 Å². The van der Waals surface area contributed by atoms with Crippen LogP contribution in [0.25, 0.3) is 0 Å². The molecule has 0 radical (unpaired) electrons. The number of benzene rings is 3. The van der Waals surface area contributed by atoms with Gasteiger partial charge in [-0.25, -0.2) is 5.43 Å². The van der Waals surface area contributed by atoms with Gasteiger partial charge in [0.05, 0.1) is 0 Å². The highest BCUT2D eigenvalue weighted by Gasteiger charge is 2.17. The Balaban J connectivity index is 1.69. The second kappa shape index (κ2) is 9.51. The van der Waals surface area contributed by atoms with E-state index < -0.39 is 0 Å². The molecular weight excluding hydrogens is 348 g/mol. The lowest BCUT2D eigenvalue weighted by Gasteiger charge is -2.18. The zero-order valence-corrected chi connectivity index (χ0v) is 16.1. The Morgan fingerprint density at radius 2 is 1.54 bits per heavy atom. The summed E-state index contributed by atoms with van der Waals surface area (Å²) in [6.07, 6.45) is 0. The van der Waals surface area contributed by atoms with E-state index in [0.29, 0.717) is 5.75 Å². The molecule has 142 valence electrons. The zero-order valence-electron chi connectivity index (χ0n) is 16.1. The lowest BCUT2D eigenvalue weighted by molar-refractivity contribution is -0.123. The van der Waals surface area contributed by atoms with Crippen molar-refractivity contribution in [1.29, 1.82) is 0 Å².